The minimum Gasteiger partial charge on any atom is -0.345 e. The van der Waals surface area contributed by atoms with Gasteiger partial charge in [-0.15, -0.1) is 0 Å². The fraction of sp³-hybridized carbons (Fsp3) is 0.692. The van der Waals surface area contributed by atoms with E-state index in [1.807, 2.05) is 24.7 Å². The molecule has 4 nitrogen and oxygen atoms in total. The summed E-state index contributed by atoms with van der Waals surface area (Å²) in [4.78, 5) is 12.1. The molecule has 17 heavy (non-hydrogen) atoms. The van der Waals surface area contributed by atoms with Crippen molar-refractivity contribution in [1.82, 2.24) is 15.1 Å². The Bertz CT molecular complexity index is 416. The third-order valence-electron chi connectivity index (χ3n) is 3.63. The zero-order valence-electron chi connectivity index (χ0n) is 11.0. The molecule has 4 heteroatoms. The monoisotopic (exact) mass is 235 g/mol. The molecule has 0 spiro atoms. The van der Waals surface area contributed by atoms with Gasteiger partial charge in [0.05, 0.1) is 0 Å². The van der Waals surface area contributed by atoms with Gasteiger partial charge in [-0.3, -0.25) is 9.48 Å². The van der Waals surface area contributed by atoms with Gasteiger partial charge in [-0.25, -0.2) is 0 Å². The Morgan fingerprint density at radius 3 is 2.47 bits per heavy atom. The van der Waals surface area contributed by atoms with Crippen molar-refractivity contribution < 1.29 is 4.79 Å². The van der Waals surface area contributed by atoms with Crippen LogP contribution in [0.1, 0.15) is 57.1 Å². The lowest BCUT2D eigenvalue weighted by atomic mass is 10.0. The largest absolute Gasteiger partial charge is 0.345 e. The van der Waals surface area contributed by atoms with Gasteiger partial charge < -0.3 is 5.32 Å². The predicted molar refractivity (Wildman–Crippen MR) is 66.9 cm³/mol. The van der Waals surface area contributed by atoms with E-state index in [-0.39, 0.29) is 17.5 Å². The first kappa shape index (κ1) is 12.1. The maximum absolute atomic E-state index is 12.1. The topological polar surface area (TPSA) is 46.9 Å². The van der Waals surface area contributed by atoms with Crippen molar-refractivity contribution in [1.29, 1.82) is 0 Å². The summed E-state index contributed by atoms with van der Waals surface area (Å²) in [5, 5.41) is 7.41. The first-order valence-corrected chi connectivity index (χ1v) is 6.32. The summed E-state index contributed by atoms with van der Waals surface area (Å²) in [6.45, 7) is 8.40. The smallest absolute Gasteiger partial charge is 0.272 e. The quantitative estimate of drug-likeness (QED) is 0.871. The van der Waals surface area contributed by atoms with Gasteiger partial charge in [-0.1, -0.05) is 13.8 Å². The molecule has 0 bridgehead atoms. The Hall–Kier alpha value is -1.32. The molecule has 1 saturated carbocycles. The maximum Gasteiger partial charge on any atom is 0.272 e. The Morgan fingerprint density at radius 2 is 2.06 bits per heavy atom. The summed E-state index contributed by atoms with van der Waals surface area (Å²) in [7, 11) is 0. The van der Waals surface area contributed by atoms with E-state index in [9.17, 15) is 4.79 Å². The van der Waals surface area contributed by atoms with Gasteiger partial charge >= 0.3 is 0 Å². The van der Waals surface area contributed by atoms with Gasteiger partial charge in [0.15, 0.2) is 0 Å². The van der Waals surface area contributed by atoms with Crippen LogP contribution in [-0.4, -0.2) is 21.2 Å². The predicted octanol–water partition coefficient (Wildman–Crippen LogP) is 2.38. The van der Waals surface area contributed by atoms with Crippen molar-refractivity contribution in [2.45, 2.75) is 52.1 Å². The van der Waals surface area contributed by atoms with Crippen LogP contribution in [0.2, 0.25) is 0 Å². The number of aromatic nitrogens is 2. The number of rotatable bonds is 4. The summed E-state index contributed by atoms with van der Waals surface area (Å²) in [6.07, 6.45) is 4.02. The maximum atomic E-state index is 12.1. The first-order chi connectivity index (χ1) is 7.94. The standard InChI is InChI=1S/C13H21N3O/c1-9(2)13(6-7-13)14-12(17)11-5-8-16(15-11)10(3)4/h5,8-10H,6-7H2,1-4H3,(H,14,17). The van der Waals surface area contributed by atoms with Gasteiger partial charge in [-0.2, -0.15) is 5.10 Å². The van der Waals surface area contributed by atoms with Crippen molar-refractivity contribution in [2.24, 2.45) is 5.92 Å². The highest BCUT2D eigenvalue weighted by molar-refractivity contribution is 5.93. The summed E-state index contributed by atoms with van der Waals surface area (Å²) >= 11 is 0. The second kappa shape index (κ2) is 4.17. The molecule has 1 amide bonds. The van der Waals surface area contributed by atoms with Gasteiger partial charge in [0.25, 0.3) is 5.91 Å². The van der Waals surface area contributed by atoms with E-state index in [1.54, 1.807) is 6.07 Å². The summed E-state index contributed by atoms with van der Waals surface area (Å²) < 4.78 is 1.81. The highest BCUT2D eigenvalue weighted by atomic mass is 16.2. The van der Waals surface area contributed by atoms with Crippen LogP contribution < -0.4 is 5.32 Å². The van der Waals surface area contributed by atoms with Crippen LogP contribution in [0.15, 0.2) is 12.3 Å². The molecule has 1 fully saturated rings. The number of amides is 1. The third-order valence-corrected chi connectivity index (χ3v) is 3.63. The lowest BCUT2D eigenvalue weighted by molar-refractivity contribution is 0.0912. The van der Waals surface area contributed by atoms with Crippen molar-refractivity contribution in [2.75, 3.05) is 0 Å². The average Bonchev–Trinajstić information content (AvgIpc) is 2.87. The zero-order valence-corrected chi connectivity index (χ0v) is 11.0. The molecule has 2 rings (SSSR count). The van der Waals surface area contributed by atoms with Crippen molar-refractivity contribution in [3.63, 3.8) is 0 Å². The number of hydrogen-bond acceptors (Lipinski definition) is 2. The summed E-state index contributed by atoms with van der Waals surface area (Å²) in [5.74, 6) is 0.439. The highest BCUT2D eigenvalue weighted by Crippen LogP contribution is 2.42. The fourth-order valence-corrected chi connectivity index (χ4v) is 2.02. The van der Waals surface area contributed by atoms with Gasteiger partial charge in [0.1, 0.15) is 5.69 Å². The second-order valence-electron chi connectivity index (χ2n) is 5.54. The van der Waals surface area contributed by atoms with Gasteiger partial charge in [-0.05, 0) is 38.7 Å². The van der Waals surface area contributed by atoms with Crippen LogP contribution in [0.3, 0.4) is 0 Å². The Balaban J connectivity index is 2.05. The van der Waals surface area contributed by atoms with E-state index in [0.29, 0.717) is 11.6 Å². The van der Waals surface area contributed by atoms with Crippen LogP contribution >= 0.6 is 0 Å². The molecule has 1 aliphatic carbocycles. The van der Waals surface area contributed by atoms with Crippen molar-refractivity contribution >= 4 is 5.91 Å². The lowest BCUT2D eigenvalue weighted by Gasteiger charge is -2.20. The third kappa shape index (κ3) is 2.35. The van der Waals surface area contributed by atoms with E-state index in [0.717, 1.165) is 12.8 Å². The Morgan fingerprint density at radius 1 is 1.41 bits per heavy atom. The van der Waals surface area contributed by atoms with Crippen LogP contribution in [0.25, 0.3) is 0 Å². The van der Waals surface area contributed by atoms with E-state index in [4.69, 9.17) is 0 Å². The highest BCUT2D eigenvalue weighted by Gasteiger charge is 2.46. The lowest BCUT2D eigenvalue weighted by Crippen LogP contribution is -2.40. The molecule has 0 unspecified atom stereocenters. The molecule has 1 aromatic rings. The normalized spacial score (nSPS) is 17.5. The molecule has 0 atom stereocenters. The molecule has 0 aliphatic heterocycles. The molecular formula is C13H21N3O. The zero-order chi connectivity index (χ0) is 12.6. The minimum absolute atomic E-state index is 0.0265. The second-order valence-corrected chi connectivity index (χ2v) is 5.54. The molecule has 0 aromatic carbocycles. The molecule has 1 aliphatic rings. The molecule has 0 radical (unpaired) electrons. The molecular weight excluding hydrogens is 214 g/mol. The van der Waals surface area contributed by atoms with Crippen molar-refractivity contribution in [3.05, 3.63) is 18.0 Å². The Kier molecular flexibility index (Phi) is 2.98. The van der Waals surface area contributed by atoms with Crippen LogP contribution in [0.5, 0.6) is 0 Å². The van der Waals surface area contributed by atoms with E-state index < -0.39 is 0 Å². The first-order valence-electron chi connectivity index (χ1n) is 6.32. The number of hydrogen-bond donors (Lipinski definition) is 1. The number of nitrogens with zero attached hydrogens (tertiary/aromatic N) is 2. The Labute approximate surface area is 102 Å². The van der Waals surface area contributed by atoms with E-state index in [2.05, 4.69) is 24.3 Å². The van der Waals surface area contributed by atoms with E-state index >= 15 is 0 Å². The van der Waals surface area contributed by atoms with Crippen LogP contribution in [0.4, 0.5) is 0 Å². The molecule has 1 heterocycles. The molecule has 1 aromatic heterocycles. The number of nitrogens with one attached hydrogen (secondary N) is 1. The summed E-state index contributed by atoms with van der Waals surface area (Å²) in [6, 6.07) is 2.07. The van der Waals surface area contributed by atoms with Crippen LogP contribution in [-0.2, 0) is 0 Å². The number of carbonyl (C=O) groups is 1. The SMILES string of the molecule is CC(C)n1ccc(C(=O)NC2(C(C)C)CC2)n1. The van der Waals surface area contributed by atoms with Crippen molar-refractivity contribution in [3.8, 4) is 0 Å². The number of carbonyl (C=O) groups excluding carboxylic acids is 1. The van der Waals surface area contributed by atoms with Gasteiger partial charge in [0.2, 0.25) is 0 Å². The molecule has 0 saturated heterocycles. The molecule has 94 valence electrons. The summed E-state index contributed by atoms with van der Waals surface area (Å²) in [5.41, 5.74) is 0.546. The van der Waals surface area contributed by atoms with Crippen LogP contribution in [0, 0.1) is 5.92 Å². The minimum atomic E-state index is -0.0457. The fourth-order valence-electron chi connectivity index (χ4n) is 2.02. The average molecular weight is 235 g/mol. The van der Waals surface area contributed by atoms with E-state index in [1.165, 1.54) is 0 Å². The molecule has 1 N–H and O–H groups in total. The van der Waals surface area contributed by atoms with Gasteiger partial charge in [0, 0.05) is 17.8 Å².